The van der Waals surface area contributed by atoms with E-state index in [1.54, 1.807) is 0 Å². The van der Waals surface area contributed by atoms with Gasteiger partial charge in [-0.25, -0.2) is 9.59 Å². The lowest BCUT2D eigenvalue weighted by Crippen LogP contribution is -2.35. The second kappa shape index (κ2) is 8.28. The molecule has 1 unspecified atom stereocenters. The predicted octanol–water partition coefficient (Wildman–Crippen LogP) is -1.09. The lowest BCUT2D eigenvalue weighted by atomic mass is 10.6. The highest BCUT2D eigenvalue weighted by Gasteiger charge is 2.44. The van der Waals surface area contributed by atoms with Crippen LogP contribution < -0.4 is 5.26 Å². The summed E-state index contributed by atoms with van der Waals surface area (Å²) < 4.78 is 47.5. The van der Waals surface area contributed by atoms with E-state index < -0.39 is 42.1 Å². The van der Waals surface area contributed by atoms with Crippen LogP contribution in [0, 0.1) is 0 Å². The lowest BCUT2D eigenvalue weighted by Gasteiger charge is -2.22. The van der Waals surface area contributed by atoms with Gasteiger partial charge in [0.15, 0.2) is 6.61 Å². The van der Waals surface area contributed by atoms with E-state index in [0.29, 0.717) is 6.61 Å². The summed E-state index contributed by atoms with van der Waals surface area (Å²) in [6.45, 7) is -0.527. The van der Waals surface area contributed by atoms with Crippen LogP contribution in [-0.2, 0) is 37.9 Å². The fraction of sp³-hybridized carbons (Fsp3) is 0.750. The Hall–Kier alpha value is -1.05. The van der Waals surface area contributed by atoms with Crippen LogP contribution in [0.25, 0.3) is 0 Å². The van der Waals surface area contributed by atoms with Crippen LogP contribution >= 0.6 is 12.0 Å². The van der Waals surface area contributed by atoms with Crippen molar-refractivity contribution < 1.29 is 51.9 Å². The highest BCUT2D eigenvalue weighted by molar-refractivity contribution is 7.96. The number of ether oxygens (including phenoxy) is 4. The molecule has 0 N–H and O–H groups in total. The van der Waals surface area contributed by atoms with Crippen molar-refractivity contribution in [3.8, 4) is 0 Å². The molecule has 9 nitrogen and oxygen atoms in total. The van der Waals surface area contributed by atoms with Crippen molar-refractivity contribution in [1.82, 2.24) is 0 Å². The Bertz CT molecular complexity index is 334. The molecule has 0 saturated carbocycles. The van der Waals surface area contributed by atoms with Gasteiger partial charge in [0.2, 0.25) is 6.29 Å². The molecule has 0 amide bonds. The van der Waals surface area contributed by atoms with Crippen LogP contribution in [-0.4, -0.2) is 49.9 Å². The summed E-state index contributed by atoms with van der Waals surface area (Å²) >= 11 is -0.865. The fourth-order valence-corrected chi connectivity index (χ4v) is 1.25. The maximum absolute atomic E-state index is 12.9. The summed E-state index contributed by atoms with van der Waals surface area (Å²) in [5, 5.41) is 7.80. The number of esters is 2. The monoisotopic (exact) mass is 319 g/mol. The minimum atomic E-state index is -4.21. The number of hydrogen-bond donors (Lipinski definition) is 0. The minimum Gasteiger partial charge on any atom is -0.691 e. The molecule has 1 rings (SSSR count). The second-order valence-corrected chi connectivity index (χ2v) is 3.99. The van der Waals surface area contributed by atoms with Crippen molar-refractivity contribution in [2.45, 2.75) is 11.5 Å². The van der Waals surface area contributed by atoms with E-state index in [4.69, 9.17) is 9.47 Å². The summed E-state index contributed by atoms with van der Waals surface area (Å²) in [5.74, 6) is -3.20. The first-order valence-corrected chi connectivity index (χ1v) is 5.78. The van der Waals surface area contributed by atoms with E-state index in [0.717, 1.165) is 0 Å². The van der Waals surface area contributed by atoms with E-state index in [1.165, 1.54) is 0 Å². The van der Waals surface area contributed by atoms with Gasteiger partial charge in [-0.05, 0) is 0 Å². The van der Waals surface area contributed by atoms with Crippen LogP contribution in [0.5, 0.6) is 0 Å². The molecule has 1 fully saturated rings. The summed E-state index contributed by atoms with van der Waals surface area (Å²) in [5.41, 5.74) is 0. The predicted molar refractivity (Wildman–Crippen MR) is 52.3 cm³/mol. The van der Waals surface area contributed by atoms with E-state index in [1.807, 2.05) is 0 Å². The van der Waals surface area contributed by atoms with Gasteiger partial charge in [0.1, 0.15) is 18.6 Å². The summed E-state index contributed by atoms with van der Waals surface area (Å²) in [6.07, 6.45) is -0.984. The third-order valence-corrected chi connectivity index (χ3v) is 2.27. The van der Waals surface area contributed by atoms with Crippen molar-refractivity contribution >= 4 is 24.0 Å². The first kappa shape index (κ1) is 17.0. The van der Waals surface area contributed by atoms with Gasteiger partial charge in [-0.15, -0.1) is 0 Å². The number of rotatable bonds is 7. The number of carbonyl (C=O) groups is 2. The smallest absolute Gasteiger partial charge is 0.415 e. The van der Waals surface area contributed by atoms with Gasteiger partial charge in [0, 0.05) is 0 Å². The standard InChI is InChI=1S/C8H10F2O9S/c9-8(10,20-19-18-13)7(12)16-3-5(11)17-6-4-14-1-2-15-6/h6,13H,1-4H2/p-1. The van der Waals surface area contributed by atoms with Crippen molar-refractivity contribution in [3.63, 3.8) is 0 Å². The highest BCUT2D eigenvalue weighted by atomic mass is 32.2. The van der Waals surface area contributed by atoms with Gasteiger partial charge >= 0.3 is 17.2 Å². The molecule has 1 atom stereocenters. The molecule has 0 spiro atoms. The quantitative estimate of drug-likeness (QED) is 0.248. The average Bonchev–Trinajstić information content (AvgIpc) is 2.43. The molecule has 0 aromatic carbocycles. The van der Waals surface area contributed by atoms with Gasteiger partial charge in [-0.2, -0.15) is 13.1 Å². The third kappa shape index (κ3) is 5.94. The molecule has 0 radical (unpaired) electrons. The average molecular weight is 319 g/mol. The normalized spacial score (nSPS) is 19.4. The second-order valence-electron chi connectivity index (χ2n) is 3.18. The topological polar surface area (TPSA) is 113 Å². The summed E-state index contributed by atoms with van der Waals surface area (Å²) in [4.78, 5) is 22.0. The maximum atomic E-state index is 12.9. The van der Waals surface area contributed by atoms with E-state index >= 15 is 0 Å². The van der Waals surface area contributed by atoms with Gasteiger partial charge in [0.05, 0.1) is 13.2 Å². The number of halogens is 2. The Morgan fingerprint density at radius 1 is 1.40 bits per heavy atom. The minimum absolute atomic E-state index is 0.0135. The van der Waals surface area contributed by atoms with Crippen LogP contribution in [0.2, 0.25) is 0 Å². The fourth-order valence-electron chi connectivity index (χ4n) is 1.01. The van der Waals surface area contributed by atoms with Gasteiger partial charge in [-0.1, -0.05) is 0 Å². The molecule has 12 heteroatoms. The molecular formula is C8H9F2O9S-. The molecule has 1 aliphatic heterocycles. The van der Waals surface area contributed by atoms with Gasteiger partial charge < -0.3 is 24.2 Å². The zero-order valence-electron chi connectivity index (χ0n) is 9.74. The van der Waals surface area contributed by atoms with Gasteiger partial charge in [-0.3, -0.25) is 5.04 Å². The number of hydrogen-bond acceptors (Lipinski definition) is 10. The van der Waals surface area contributed by atoms with E-state index in [9.17, 15) is 23.6 Å². The van der Waals surface area contributed by atoms with E-state index in [-0.39, 0.29) is 13.2 Å². The first-order chi connectivity index (χ1) is 9.45. The molecule has 0 aliphatic carbocycles. The van der Waals surface area contributed by atoms with Crippen LogP contribution in [0.15, 0.2) is 0 Å². The van der Waals surface area contributed by atoms with Crippen LogP contribution in [0.3, 0.4) is 0 Å². The highest BCUT2D eigenvalue weighted by Crippen LogP contribution is 2.30. The molecule has 1 aliphatic rings. The van der Waals surface area contributed by atoms with Crippen molar-refractivity contribution in [1.29, 1.82) is 0 Å². The number of carbonyl (C=O) groups excluding carboxylic acids is 2. The molecule has 0 aromatic rings. The van der Waals surface area contributed by atoms with Crippen LogP contribution in [0.4, 0.5) is 8.78 Å². The van der Waals surface area contributed by atoms with Crippen molar-refractivity contribution in [3.05, 3.63) is 0 Å². The Labute approximate surface area is 115 Å². The SMILES string of the molecule is O=C(COC(=O)C(F)(F)SOO[O-])OC1COCCO1. The Balaban J connectivity index is 2.27. The molecule has 0 aromatic heterocycles. The zero-order valence-corrected chi connectivity index (χ0v) is 10.6. The summed E-state index contributed by atoms with van der Waals surface area (Å²) in [7, 11) is 0. The van der Waals surface area contributed by atoms with Crippen LogP contribution in [0.1, 0.15) is 0 Å². The zero-order chi connectivity index (χ0) is 15.0. The molecule has 20 heavy (non-hydrogen) atoms. The molecule has 1 saturated heterocycles. The Morgan fingerprint density at radius 3 is 2.75 bits per heavy atom. The van der Waals surface area contributed by atoms with Crippen molar-refractivity contribution in [2.75, 3.05) is 26.4 Å². The van der Waals surface area contributed by atoms with E-state index in [2.05, 4.69) is 18.8 Å². The molecular weight excluding hydrogens is 310 g/mol. The molecule has 1 heterocycles. The van der Waals surface area contributed by atoms with Gasteiger partial charge in [0.25, 0.3) is 0 Å². The summed E-state index contributed by atoms with van der Waals surface area (Å²) in [6, 6.07) is 0. The largest absolute Gasteiger partial charge is 0.691 e. The Morgan fingerprint density at radius 2 is 2.15 bits per heavy atom. The van der Waals surface area contributed by atoms with Crippen molar-refractivity contribution in [2.24, 2.45) is 0 Å². The maximum Gasteiger partial charge on any atom is 0.415 e. The molecule has 0 bridgehead atoms. The third-order valence-electron chi connectivity index (χ3n) is 1.77. The molecule has 116 valence electrons. The first-order valence-electron chi connectivity index (χ1n) is 5.04. The number of alkyl halides is 2. The lowest BCUT2D eigenvalue weighted by molar-refractivity contribution is -0.777. The Kier molecular flexibility index (Phi) is 7.04.